The number of hydrogen-bond donors (Lipinski definition) is 0. The first-order valence-corrected chi connectivity index (χ1v) is 6.60. The molecule has 0 saturated heterocycles. The summed E-state index contributed by atoms with van der Waals surface area (Å²) in [5.41, 5.74) is -1.09. The summed E-state index contributed by atoms with van der Waals surface area (Å²) in [5, 5.41) is 0. The van der Waals surface area contributed by atoms with Gasteiger partial charge < -0.3 is 18.6 Å². The van der Waals surface area contributed by atoms with Crippen molar-refractivity contribution in [2.75, 3.05) is 20.3 Å². The van der Waals surface area contributed by atoms with Gasteiger partial charge in [0, 0.05) is 0 Å². The van der Waals surface area contributed by atoms with Gasteiger partial charge in [0.05, 0.1) is 20.3 Å². The fourth-order valence-electron chi connectivity index (χ4n) is 1.49. The molecule has 1 heterocycles. The van der Waals surface area contributed by atoms with Gasteiger partial charge in [0.1, 0.15) is 11.8 Å². The molecule has 21 heavy (non-hydrogen) atoms. The molecule has 7 heteroatoms. The Morgan fingerprint density at radius 1 is 1.24 bits per heavy atom. The van der Waals surface area contributed by atoms with Crippen LogP contribution in [0.5, 0.6) is 5.75 Å². The van der Waals surface area contributed by atoms with Gasteiger partial charge >= 0.3 is 11.9 Å². The second-order valence-corrected chi connectivity index (χ2v) is 4.05. The van der Waals surface area contributed by atoms with Crippen molar-refractivity contribution in [1.82, 2.24) is 0 Å². The molecule has 0 unspecified atom stereocenters. The van der Waals surface area contributed by atoms with E-state index >= 15 is 0 Å². The molecule has 1 aromatic heterocycles. The highest BCUT2D eigenvalue weighted by molar-refractivity contribution is 5.92. The average molecular weight is 298 g/mol. The van der Waals surface area contributed by atoms with Crippen molar-refractivity contribution in [1.29, 1.82) is 0 Å². The molecular weight excluding hydrogens is 280 g/mol. The summed E-state index contributed by atoms with van der Waals surface area (Å²) in [6.07, 6.45) is 2.40. The van der Waals surface area contributed by atoms with Crippen molar-refractivity contribution in [3.8, 4) is 5.75 Å². The third-order valence-corrected chi connectivity index (χ3v) is 2.56. The minimum absolute atomic E-state index is 0.121. The first-order chi connectivity index (χ1) is 10.1. The maximum Gasteiger partial charge on any atom is 0.378 e. The number of ether oxygens (including phenoxy) is 3. The maximum absolute atomic E-state index is 12.2. The zero-order valence-electron chi connectivity index (χ0n) is 12.3. The van der Waals surface area contributed by atoms with Gasteiger partial charge in [-0.1, -0.05) is 13.3 Å². The van der Waals surface area contributed by atoms with E-state index in [-0.39, 0.29) is 30.3 Å². The predicted octanol–water partition coefficient (Wildman–Crippen LogP) is 1.78. The molecule has 0 aromatic carbocycles. The highest BCUT2D eigenvalue weighted by Gasteiger charge is 2.25. The van der Waals surface area contributed by atoms with Crippen LogP contribution in [0.1, 0.15) is 47.6 Å². The summed E-state index contributed by atoms with van der Waals surface area (Å²) >= 11 is 0. The average Bonchev–Trinajstić information content (AvgIpc) is 2.48. The fourth-order valence-corrected chi connectivity index (χ4v) is 1.49. The summed E-state index contributed by atoms with van der Waals surface area (Å²) in [5.74, 6) is -2.37. The van der Waals surface area contributed by atoms with Gasteiger partial charge in [0.2, 0.25) is 11.2 Å². The molecule has 0 aliphatic rings. The predicted molar refractivity (Wildman–Crippen MR) is 72.7 cm³/mol. The molecule has 0 aliphatic heterocycles. The molecule has 0 fully saturated rings. The molecule has 0 spiro atoms. The first kappa shape index (κ1) is 16.7. The van der Waals surface area contributed by atoms with E-state index < -0.39 is 17.4 Å². The lowest BCUT2D eigenvalue weighted by Crippen LogP contribution is -2.22. The Morgan fingerprint density at radius 3 is 2.52 bits per heavy atom. The Labute approximate surface area is 121 Å². The molecule has 1 aromatic rings. The Morgan fingerprint density at radius 2 is 1.95 bits per heavy atom. The van der Waals surface area contributed by atoms with E-state index in [0.717, 1.165) is 19.8 Å². The number of rotatable bonds is 7. The van der Waals surface area contributed by atoms with E-state index in [1.807, 2.05) is 6.92 Å². The third-order valence-electron chi connectivity index (χ3n) is 2.56. The van der Waals surface area contributed by atoms with Crippen molar-refractivity contribution >= 4 is 11.9 Å². The number of methoxy groups -OCH3 is 1. The standard InChI is InChI=1S/C14H18O7/c1-4-6-7-20-11-10(15)9(13(16)18-3)8-21-12(11)14(17)19-5-2/h8H,4-7H2,1-3H3. The highest BCUT2D eigenvalue weighted by Crippen LogP contribution is 2.17. The quantitative estimate of drug-likeness (QED) is 0.559. The van der Waals surface area contributed by atoms with E-state index in [0.29, 0.717) is 6.42 Å². The van der Waals surface area contributed by atoms with Crippen LogP contribution in [0.3, 0.4) is 0 Å². The van der Waals surface area contributed by atoms with E-state index in [9.17, 15) is 14.4 Å². The maximum atomic E-state index is 12.2. The Kier molecular flexibility index (Phi) is 6.45. The summed E-state index contributed by atoms with van der Waals surface area (Å²) in [6, 6.07) is 0. The lowest BCUT2D eigenvalue weighted by molar-refractivity contribution is 0.0472. The van der Waals surface area contributed by atoms with Crippen molar-refractivity contribution in [3.63, 3.8) is 0 Å². The van der Waals surface area contributed by atoms with Crippen LogP contribution in [0, 0.1) is 0 Å². The molecule has 0 saturated carbocycles. The lowest BCUT2D eigenvalue weighted by atomic mass is 10.2. The zero-order valence-corrected chi connectivity index (χ0v) is 12.3. The number of unbranched alkanes of at least 4 members (excludes halogenated alkanes) is 1. The Balaban J connectivity index is 3.24. The van der Waals surface area contributed by atoms with Crippen LogP contribution in [0.4, 0.5) is 0 Å². The molecule has 0 amide bonds. The molecular formula is C14H18O7. The SMILES string of the molecule is CCCCOc1c(C(=O)OCC)occ(C(=O)OC)c1=O. The number of carbonyl (C=O) groups is 2. The van der Waals surface area contributed by atoms with Gasteiger partial charge in [-0.15, -0.1) is 0 Å². The van der Waals surface area contributed by atoms with Crippen LogP contribution in [0.2, 0.25) is 0 Å². The van der Waals surface area contributed by atoms with E-state index in [1.54, 1.807) is 6.92 Å². The molecule has 0 N–H and O–H groups in total. The molecule has 116 valence electrons. The molecule has 0 atom stereocenters. The van der Waals surface area contributed by atoms with Crippen molar-refractivity contribution in [2.24, 2.45) is 0 Å². The summed E-state index contributed by atoms with van der Waals surface area (Å²) in [7, 11) is 1.14. The van der Waals surface area contributed by atoms with E-state index in [1.165, 1.54) is 0 Å². The molecule has 7 nitrogen and oxygen atoms in total. The van der Waals surface area contributed by atoms with Crippen molar-refractivity contribution < 1.29 is 28.2 Å². The monoisotopic (exact) mass is 298 g/mol. The zero-order chi connectivity index (χ0) is 15.8. The smallest absolute Gasteiger partial charge is 0.378 e. The van der Waals surface area contributed by atoms with Gasteiger partial charge in [-0.2, -0.15) is 0 Å². The summed E-state index contributed by atoms with van der Waals surface area (Å²) in [4.78, 5) is 35.4. The van der Waals surface area contributed by atoms with Gasteiger partial charge in [-0.05, 0) is 13.3 Å². The summed E-state index contributed by atoms with van der Waals surface area (Å²) in [6.45, 7) is 3.91. The number of hydrogen-bond acceptors (Lipinski definition) is 7. The highest BCUT2D eigenvalue weighted by atomic mass is 16.6. The van der Waals surface area contributed by atoms with E-state index in [2.05, 4.69) is 4.74 Å². The van der Waals surface area contributed by atoms with Crippen molar-refractivity contribution in [2.45, 2.75) is 26.7 Å². The number of carbonyl (C=O) groups excluding carboxylic acids is 2. The second kappa shape index (κ2) is 8.08. The van der Waals surface area contributed by atoms with Gasteiger partial charge in [-0.25, -0.2) is 9.59 Å². The third kappa shape index (κ3) is 4.08. The fraction of sp³-hybridized carbons (Fsp3) is 0.500. The molecule has 0 radical (unpaired) electrons. The Bertz CT molecular complexity index is 559. The topological polar surface area (TPSA) is 92.0 Å². The minimum atomic E-state index is -0.862. The van der Waals surface area contributed by atoms with Gasteiger partial charge in [0.15, 0.2) is 0 Å². The normalized spacial score (nSPS) is 10.0. The van der Waals surface area contributed by atoms with Gasteiger partial charge in [-0.3, -0.25) is 4.79 Å². The molecule has 0 aliphatic carbocycles. The van der Waals surface area contributed by atoms with Crippen LogP contribution in [0.15, 0.2) is 15.5 Å². The number of esters is 2. The molecule has 0 bridgehead atoms. The molecule has 1 rings (SSSR count). The lowest BCUT2D eigenvalue weighted by Gasteiger charge is -2.09. The van der Waals surface area contributed by atoms with E-state index in [4.69, 9.17) is 13.9 Å². The van der Waals surface area contributed by atoms with Crippen molar-refractivity contribution in [3.05, 3.63) is 27.8 Å². The van der Waals surface area contributed by atoms with Crippen LogP contribution in [-0.4, -0.2) is 32.3 Å². The second-order valence-electron chi connectivity index (χ2n) is 4.05. The van der Waals surface area contributed by atoms with Crippen LogP contribution in [-0.2, 0) is 9.47 Å². The Hall–Kier alpha value is -2.31. The van der Waals surface area contributed by atoms with Crippen LogP contribution < -0.4 is 10.2 Å². The van der Waals surface area contributed by atoms with Crippen LogP contribution >= 0.6 is 0 Å². The first-order valence-electron chi connectivity index (χ1n) is 6.60. The largest absolute Gasteiger partial charge is 0.486 e. The van der Waals surface area contributed by atoms with Gasteiger partial charge in [0.25, 0.3) is 5.76 Å². The summed E-state index contributed by atoms with van der Waals surface area (Å²) < 4.78 is 19.6. The van der Waals surface area contributed by atoms with Crippen LogP contribution in [0.25, 0.3) is 0 Å². The minimum Gasteiger partial charge on any atom is -0.486 e.